The van der Waals surface area contributed by atoms with E-state index in [1.54, 1.807) is 6.92 Å². The third-order valence-electron chi connectivity index (χ3n) is 1.58. The molecule has 1 unspecified atom stereocenters. The number of nitrogens with zero attached hydrogens (tertiary/aromatic N) is 1. The van der Waals surface area contributed by atoms with E-state index < -0.39 is 12.0 Å². The molecule has 0 saturated heterocycles. The topological polar surface area (TPSA) is 102 Å². The maximum absolute atomic E-state index is 10.6. The zero-order valence-electron chi connectivity index (χ0n) is 7.86. The number of aliphatic carboxylic acids is 1. The minimum atomic E-state index is -0.929. The highest BCUT2D eigenvalue weighted by Crippen LogP contribution is 2.04. The van der Waals surface area contributed by atoms with Crippen molar-refractivity contribution < 1.29 is 9.90 Å². The van der Waals surface area contributed by atoms with E-state index in [4.69, 9.17) is 16.6 Å². The van der Waals surface area contributed by atoms with Crippen LogP contribution in [0, 0.1) is 0 Å². The number of hydrogen-bond donors (Lipinski definition) is 3. The van der Waals surface area contributed by atoms with E-state index in [0.29, 0.717) is 18.8 Å². The highest BCUT2D eigenvalue weighted by atomic mass is 16.4. The van der Waals surface area contributed by atoms with Crippen LogP contribution in [0.15, 0.2) is 4.99 Å². The second kappa shape index (κ2) is 6.42. The first-order chi connectivity index (χ1) is 6.07. The van der Waals surface area contributed by atoms with Gasteiger partial charge in [0, 0.05) is 0 Å². The van der Waals surface area contributed by atoms with Crippen LogP contribution in [0.25, 0.3) is 0 Å². The predicted octanol–water partition coefficient (Wildman–Crippen LogP) is -0.0543. The molecule has 5 nitrogen and oxygen atoms in total. The van der Waals surface area contributed by atoms with Gasteiger partial charge in [0.2, 0.25) is 0 Å². The van der Waals surface area contributed by atoms with Crippen molar-refractivity contribution in [2.75, 3.05) is 6.54 Å². The predicted molar refractivity (Wildman–Crippen MR) is 51.6 cm³/mol. The fourth-order valence-electron chi connectivity index (χ4n) is 0.971. The molecule has 0 radical (unpaired) electrons. The molecule has 76 valence electrons. The fourth-order valence-corrected chi connectivity index (χ4v) is 0.971. The van der Waals surface area contributed by atoms with Crippen LogP contribution in [0.4, 0.5) is 0 Å². The maximum atomic E-state index is 10.6. The van der Waals surface area contributed by atoms with Crippen LogP contribution in [-0.2, 0) is 4.79 Å². The van der Waals surface area contributed by atoms with Crippen molar-refractivity contribution >= 4 is 11.8 Å². The first kappa shape index (κ1) is 11.9. The Morgan fingerprint density at radius 2 is 2.15 bits per heavy atom. The van der Waals surface area contributed by atoms with E-state index in [1.165, 1.54) is 0 Å². The van der Waals surface area contributed by atoms with Gasteiger partial charge in [0.05, 0.1) is 5.84 Å². The van der Waals surface area contributed by atoms with Crippen molar-refractivity contribution in [1.29, 1.82) is 0 Å². The Morgan fingerprint density at radius 3 is 2.54 bits per heavy atom. The molecule has 0 bridgehead atoms. The van der Waals surface area contributed by atoms with Gasteiger partial charge in [0.25, 0.3) is 0 Å². The van der Waals surface area contributed by atoms with Gasteiger partial charge in [0.1, 0.15) is 6.04 Å². The quantitative estimate of drug-likeness (QED) is 0.308. The van der Waals surface area contributed by atoms with Crippen LogP contribution < -0.4 is 11.5 Å². The summed E-state index contributed by atoms with van der Waals surface area (Å²) in [4.78, 5) is 14.4. The highest BCUT2D eigenvalue weighted by Gasteiger charge is 2.14. The van der Waals surface area contributed by atoms with Crippen LogP contribution in [0.3, 0.4) is 0 Å². The summed E-state index contributed by atoms with van der Waals surface area (Å²) in [5.74, 6) is -0.623. The minimum absolute atomic E-state index is 0.306. The number of unbranched alkanes of at least 4 members (excludes halogenated alkanes) is 1. The Bertz CT molecular complexity index is 188. The molecule has 0 aromatic heterocycles. The van der Waals surface area contributed by atoms with Crippen molar-refractivity contribution in [2.24, 2.45) is 16.5 Å². The van der Waals surface area contributed by atoms with Crippen molar-refractivity contribution in [3.8, 4) is 0 Å². The van der Waals surface area contributed by atoms with Crippen LogP contribution >= 0.6 is 0 Å². The van der Waals surface area contributed by atoms with Crippen LogP contribution in [0.5, 0.6) is 0 Å². The lowest BCUT2D eigenvalue weighted by Gasteiger charge is -2.06. The average molecular weight is 187 g/mol. The fraction of sp³-hybridized carbons (Fsp3) is 0.750. The van der Waals surface area contributed by atoms with E-state index in [0.717, 1.165) is 12.8 Å². The molecule has 0 rings (SSSR count). The number of aliphatic imine (C=N–C) groups is 1. The normalized spacial score (nSPS) is 14.2. The Kier molecular flexibility index (Phi) is 5.88. The molecule has 13 heavy (non-hydrogen) atoms. The minimum Gasteiger partial charge on any atom is -0.480 e. The zero-order chi connectivity index (χ0) is 10.3. The summed E-state index contributed by atoms with van der Waals surface area (Å²) in [5, 5.41) is 8.73. The Hall–Kier alpha value is -1.10. The molecule has 1 atom stereocenters. The molecule has 0 aliphatic rings. The second-order valence-corrected chi connectivity index (χ2v) is 2.91. The largest absolute Gasteiger partial charge is 0.480 e. The SMILES string of the molecule is CC(N)=NC(CCCCN)C(=O)O. The molecule has 0 saturated carbocycles. The van der Waals surface area contributed by atoms with E-state index in [2.05, 4.69) is 4.99 Å². The first-order valence-corrected chi connectivity index (χ1v) is 4.30. The van der Waals surface area contributed by atoms with Gasteiger partial charge < -0.3 is 16.6 Å². The molecule has 0 aromatic carbocycles. The molecule has 5 heteroatoms. The second-order valence-electron chi connectivity index (χ2n) is 2.91. The molecular weight excluding hydrogens is 170 g/mol. The number of carbonyl (C=O) groups is 1. The number of nitrogens with two attached hydrogens (primary N) is 2. The van der Waals surface area contributed by atoms with E-state index in [9.17, 15) is 4.79 Å². The summed E-state index contributed by atoms with van der Waals surface area (Å²) in [5.41, 5.74) is 10.6. The number of rotatable bonds is 6. The smallest absolute Gasteiger partial charge is 0.328 e. The van der Waals surface area contributed by atoms with Gasteiger partial charge in [-0.15, -0.1) is 0 Å². The van der Waals surface area contributed by atoms with Crippen molar-refractivity contribution in [3.63, 3.8) is 0 Å². The third kappa shape index (κ3) is 6.10. The lowest BCUT2D eigenvalue weighted by molar-refractivity contribution is -0.138. The lowest BCUT2D eigenvalue weighted by Crippen LogP contribution is -2.22. The van der Waals surface area contributed by atoms with Crippen molar-refractivity contribution in [2.45, 2.75) is 32.2 Å². The summed E-state index contributed by atoms with van der Waals surface area (Å²) in [6.07, 6.45) is 2.09. The first-order valence-electron chi connectivity index (χ1n) is 4.30. The van der Waals surface area contributed by atoms with Gasteiger partial charge in [-0.05, 0) is 32.7 Å². The summed E-state index contributed by atoms with van der Waals surface area (Å²) in [6, 6.07) is -0.712. The third-order valence-corrected chi connectivity index (χ3v) is 1.58. The van der Waals surface area contributed by atoms with Gasteiger partial charge in [0.15, 0.2) is 0 Å². The molecule has 0 aliphatic heterocycles. The molecular formula is C8H17N3O2. The van der Waals surface area contributed by atoms with Crippen molar-refractivity contribution in [1.82, 2.24) is 0 Å². The number of amidine groups is 1. The van der Waals surface area contributed by atoms with E-state index >= 15 is 0 Å². The summed E-state index contributed by atoms with van der Waals surface area (Å²) in [6.45, 7) is 2.16. The van der Waals surface area contributed by atoms with Gasteiger partial charge in [-0.3, -0.25) is 4.99 Å². The molecule has 0 fully saturated rings. The highest BCUT2D eigenvalue weighted by molar-refractivity contribution is 5.82. The van der Waals surface area contributed by atoms with Gasteiger partial charge in [-0.25, -0.2) is 4.79 Å². The Labute approximate surface area is 77.8 Å². The standard InChI is InChI=1S/C8H17N3O2/c1-6(10)11-7(8(12)13)4-2-3-5-9/h7H,2-5,9H2,1H3,(H2,10,11)(H,12,13). The maximum Gasteiger partial charge on any atom is 0.328 e. The van der Waals surface area contributed by atoms with Gasteiger partial charge in [-0.1, -0.05) is 0 Å². The average Bonchev–Trinajstić information content (AvgIpc) is 2.02. The van der Waals surface area contributed by atoms with E-state index in [-0.39, 0.29) is 0 Å². The Morgan fingerprint density at radius 1 is 1.54 bits per heavy atom. The van der Waals surface area contributed by atoms with Gasteiger partial charge >= 0.3 is 5.97 Å². The van der Waals surface area contributed by atoms with Crippen molar-refractivity contribution in [3.05, 3.63) is 0 Å². The molecule has 0 aromatic rings. The Balaban J connectivity index is 3.96. The molecule has 0 heterocycles. The number of carboxylic acids is 1. The number of hydrogen-bond acceptors (Lipinski definition) is 3. The zero-order valence-corrected chi connectivity index (χ0v) is 7.86. The summed E-state index contributed by atoms with van der Waals surface area (Å²) >= 11 is 0. The molecule has 0 aliphatic carbocycles. The summed E-state index contributed by atoms with van der Waals surface area (Å²) < 4.78 is 0. The summed E-state index contributed by atoms with van der Waals surface area (Å²) in [7, 11) is 0. The lowest BCUT2D eigenvalue weighted by atomic mass is 10.1. The van der Waals surface area contributed by atoms with Gasteiger partial charge in [-0.2, -0.15) is 0 Å². The van der Waals surface area contributed by atoms with E-state index in [1.807, 2.05) is 0 Å². The van der Waals surface area contributed by atoms with Crippen LogP contribution in [0.1, 0.15) is 26.2 Å². The monoisotopic (exact) mass is 187 g/mol. The molecule has 0 spiro atoms. The molecule has 0 amide bonds. The molecule has 5 N–H and O–H groups in total. The van der Waals surface area contributed by atoms with Crippen LogP contribution in [-0.4, -0.2) is 29.5 Å². The van der Waals surface area contributed by atoms with Crippen LogP contribution in [0.2, 0.25) is 0 Å². The number of carboxylic acid groups (broad SMARTS) is 1.